The molecule has 3 aromatic heterocycles. The number of aromatic nitrogens is 4. The number of carbonyl (C=O) groups excluding carboxylic acids is 2. The van der Waals surface area contributed by atoms with Crippen molar-refractivity contribution in [1.29, 1.82) is 0 Å². The summed E-state index contributed by atoms with van der Waals surface area (Å²) in [6, 6.07) is 10.4. The van der Waals surface area contributed by atoms with Crippen LogP contribution >= 0.6 is 0 Å². The van der Waals surface area contributed by atoms with Crippen molar-refractivity contribution in [3.8, 4) is 17.3 Å². The number of rotatable bonds is 5. The first-order valence-corrected chi connectivity index (χ1v) is 8.94. The summed E-state index contributed by atoms with van der Waals surface area (Å²) in [6.45, 7) is 1.68. The summed E-state index contributed by atoms with van der Waals surface area (Å²) >= 11 is 0. The maximum absolute atomic E-state index is 12.7. The molecule has 3 heterocycles. The molecule has 0 unspecified atom stereocenters. The summed E-state index contributed by atoms with van der Waals surface area (Å²) < 4.78 is 6.39. The molecule has 0 bridgehead atoms. The number of aryl methyl sites for hydroxylation is 1. The summed E-state index contributed by atoms with van der Waals surface area (Å²) in [5.41, 5.74) is 7.37. The average molecular weight is 403 g/mol. The normalized spacial score (nSPS) is 10.7. The Labute approximate surface area is 171 Å². The molecule has 0 saturated carbocycles. The van der Waals surface area contributed by atoms with Gasteiger partial charge in [0.1, 0.15) is 17.0 Å². The van der Waals surface area contributed by atoms with Gasteiger partial charge in [-0.3, -0.25) is 9.78 Å². The van der Waals surface area contributed by atoms with E-state index in [1.54, 1.807) is 43.5 Å². The van der Waals surface area contributed by atoms with Crippen LogP contribution < -0.4 is 15.3 Å². The van der Waals surface area contributed by atoms with E-state index in [-0.39, 0.29) is 11.1 Å². The van der Waals surface area contributed by atoms with Crippen LogP contribution in [0.1, 0.15) is 26.4 Å². The van der Waals surface area contributed by atoms with Crippen molar-refractivity contribution in [2.45, 2.75) is 6.92 Å². The average Bonchev–Trinajstić information content (AvgIpc) is 3.12. The van der Waals surface area contributed by atoms with Crippen molar-refractivity contribution >= 4 is 22.8 Å². The zero-order chi connectivity index (χ0) is 21.3. The van der Waals surface area contributed by atoms with E-state index in [4.69, 9.17) is 15.3 Å². The van der Waals surface area contributed by atoms with Gasteiger partial charge in [-0.05, 0) is 37.3 Å². The monoisotopic (exact) mass is 403 g/mol. The van der Waals surface area contributed by atoms with E-state index in [1.165, 1.54) is 24.2 Å². The first-order chi connectivity index (χ1) is 14.5. The van der Waals surface area contributed by atoms with Gasteiger partial charge >= 0.3 is 5.97 Å². The van der Waals surface area contributed by atoms with Crippen molar-refractivity contribution in [2.75, 3.05) is 7.11 Å². The number of ether oxygens (including phenoxy) is 1. The van der Waals surface area contributed by atoms with Crippen LogP contribution in [-0.2, 0) is 0 Å². The van der Waals surface area contributed by atoms with Gasteiger partial charge < -0.3 is 15.3 Å². The number of primary amides is 1. The van der Waals surface area contributed by atoms with Crippen LogP contribution in [0.5, 0.6) is 5.75 Å². The molecule has 1 amide bonds. The zero-order valence-corrected chi connectivity index (χ0v) is 16.2. The summed E-state index contributed by atoms with van der Waals surface area (Å²) in [7, 11) is 1.51. The molecule has 150 valence electrons. The van der Waals surface area contributed by atoms with E-state index in [1.807, 2.05) is 6.07 Å². The van der Waals surface area contributed by atoms with E-state index < -0.39 is 11.9 Å². The smallest absolute Gasteiger partial charge is 0.366 e. The highest BCUT2D eigenvalue weighted by Crippen LogP contribution is 2.25. The van der Waals surface area contributed by atoms with Gasteiger partial charge in [0.05, 0.1) is 30.1 Å². The van der Waals surface area contributed by atoms with E-state index in [0.29, 0.717) is 33.9 Å². The van der Waals surface area contributed by atoms with Gasteiger partial charge in [-0.2, -0.15) is 4.73 Å². The minimum atomic E-state index is -0.677. The fraction of sp³-hybridized carbons (Fsp3) is 0.0952. The maximum atomic E-state index is 12.7. The number of hydrogen-bond acceptors (Lipinski definition) is 7. The van der Waals surface area contributed by atoms with Crippen LogP contribution in [-0.4, -0.2) is 38.7 Å². The largest absolute Gasteiger partial charge is 0.497 e. The lowest BCUT2D eigenvalue weighted by atomic mass is 10.1. The van der Waals surface area contributed by atoms with E-state index in [2.05, 4.69) is 15.0 Å². The Morgan fingerprint density at radius 1 is 1.10 bits per heavy atom. The fourth-order valence-electron chi connectivity index (χ4n) is 3.00. The van der Waals surface area contributed by atoms with Crippen LogP contribution in [0.2, 0.25) is 0 Å². The molecule has 0 aliphatic rings. The molecule has 30 heavy (non-hydrogen) atoms. The second kappa shape index (κ2) is 7.63. The Kier molecular flexibility index (Phi) is 4.85. The minimum absolute atomic E-state index is 0.186. The molecule has 9 nitrogen and oxygen atoms in total. The molecule has 4 rings (SSSR count). The van der Waals surface area contributed by atoms with Crippen LogP contribution in [0.3, 0.4) is 0 Å². The van der Waals surface area contributed by atoms with Gasteiger partial charge in [0.2, 0.25) is 0 Å². The third-order valence-electron chi connectivity index (χ3n) is 4.52. The number of hydrogen-bond donors (Lipinski definition) is 1. The molecule has 0 saturated heterocycles. The highest BCUT2D eigenvalue weighted by Gasteiger charge is 2.19. The molecule has 9 heteroatoms. The number of carbonyl (C=O) groups is 2. The fourth-order valence-corrected chi connectivity index (χ4v) is 3.00. The lowest BCUT2D eigenvalue weighted by Crippen LogP contribution is -2.21. The molecule has 1 aromatic carbocycles. The molecule has 0 aliphatic carbocycles. The topological polar surface area (TPSA) is 122 Å². The van der Waals surface area contributed by atoms with Gasteiger partial charge in [-0.15, -0.1) is 0 Å². The standard InChI is InChI=1S/C21H17N5O4/c1-12-15(10-24-20(25-12)17-5-3-4-8-23-17)21(28)30-26-11-16(19(22)27)14-9-13(29-2)6-7-18(14)26/h3-11H,1-2H3,(H2,22,27). The first kappa shape index (κ1) is 19.1. The lowest BCUT2D eigenvalue weighted by molar-refractivity contribution is 0.0479. The van der Waals surface area contributed by atoms with Crippen molar-refractivity contribution in [3.05, 3.63) is 71.8 Å². The molecule has 0 aliphatic heterocycles. The van der Waals surface area contributed by atoms with E-state index >= 15 is 0 Å². The molecule has 0 fully saturated rings. The van der Waals surface area contributed by atoms with Crippen LogP contribution in [0, 0.1) is 6.92 Å². The van der Waals surface area contributed by atoms with Crippen molar-refractivity contribution in [2.24, 2.45) is 5.73 Å². The van der Waals surface area contributed by atoms with Crippen molar-refractivity contribution in [1.82, 2.24) is 19.7 Å². The number of pyridine rings is 1. The van der Waals surface area contributed by atoms with Crippen LogP contribution in [0.15, 0.2) is 55.0 Å². The second-order valence-corrected chi connectivity index (χ2v) is 6.40. The lowest BCUT2D eigenvalue weighted by Gasteiger charge is -2.09. The molecule has 0 spiro atoms. The van der Waals surface area contributed by atoms with Gasteiger partial charge in [-0.25, -0.2) is 14.8 Å². The SMILES string of the molecule is COc1ccc2c(c1)c(C(N)=O)cn2OC(=O)c1cnc(-c2ccccn2)nc1C. The Hall–Kier alpha value is -4.27. The predicted octanol–water partition coefficient (Wildman–Crippen LogP) is 2.18. The van der Waals surface area contributed by atoms with Gasteiger partial charge in [0, 0.05) is 17.8 Å². The van der Waals surface area contributed by atoms with Crippen molar-refractivity contribution < 1.29 is 19.2 Å². The van der Waals surface area contributed by atoms with Gasteiger partial charge in [0.25, 0.3) is 5.91 Å². The van der Waals surface area contributed by atoms with Gasteiger partial charge in [-0.1, -0.05) is 6.07 Å². The van der Waals surface area contributed by atoms with E-state index in [0.717, 1.165) is 0 Å². The molecule has 0 atom stereocenters. The Balaban J connectivity index is 1.67. The number of amides is 1. The highest BCUT2D eigenvalue weighted by molar-refractivity contribution is 6.06. The van der Waals surface area contributed by atoms with E-state index in [9.17, 15) is 9.59 Å². The molecular weight excluding hydrogens is 386 g/mol. The minimum Gasteiger partial charge on any atom is -0.497 e. The predicted molar refractivity (Wildman–Crippen MR) is 108 cm³/mol. The van der Waals surface area contributed by atoms with Crippen molar-refractivity contribution in [3.63, 3.8) is 0 Å². The number of benzene rings is 1. The number of nitrogens with zero attached hydrogens (tertiary/aromatic N) is 4. The molecule has 0 radical (unpaired) electrons. The second-order valence-electron chi connectivity index (χ2n) is 6.40. The molecular formula is C21H17N5O4. The first-order valence-electron chi connectivity index (χ1n) is 8.94. The Morgan fingerprint density at radius 2 is 1.93 bits per heavy atom. The third-order valence-corrected chi connectivity index (χ3v) is 4.52. The Bertz CT molecular complexity index is 1270. The van der Waals surface area contributed by atoms with Crippen LogP contribution in [0.25, 0.3) is 22.4 Å². The summed E-state index contributed by atoms with van der Waals surface area (Å²) in [6.07, 6.45) is 4.39. The maximum Gasteiger partial charge on any atom is 0.366 e. The van der Waals surface area contributed by atoms with Crippen LogP contribution in [0.4, 0.5) is 0 Å². The number of methoxy groups -OCH3 is 1. The van der Waals surface area contributed by atoms with Gasteiger partial charge in [0.15, 0.2) is 5.82 Å². The highest BCUT2D eigenvalue weighted by atomic mass is 16.7. The summed E-state index contributed by atoms with van der Waals surface area (Å²) in [4.78, 5) is 42.8. The zero-order valence-electron chi connectivity index (χ0n) is 16.2. The molecule has 2 N–H and O–H groups in total. The summed E-state index contributed by atoms with van der Waals surface area (Å²) in [5, 5.41) is 0.508. The summed E-state index contributed by atoms with van der Waals surface area (Å²) in [5.74, 6) is -0.381. The third kappa shape index (κ3) is 3.44. The Morgan fingerprint density at radius 3 is 2.60 bits per heavy atom. The molecule has 4 aromatic rings. The number of fused-ring (bicyclic) bond motifs is 1. The number of nitrogens with two attached hydrogens (primary N) is 1. The quantitative estimate of drug-likeness (QED) is 0.542.